The summed E-state index contributed by atoms with van der Waals surface area (Å²) in [5.41, 5.74) is -0.423. The highest BCUT2D eigenvalue weighted by Gasteiger charge is 2.27. The van der Waals surface area contributed by atoms with E-state index in [1.165, 1.54) is 38.8 Å². The fraction of sp³-hybridized carbons (Fsp3) is 0.944. The molecule has 2 aliphatic rings. The van der Waals surface area contributed by atoms with Crippen LogP contribution in [0.2, 0.25) is 0 Å². The van der Waals surface area contributed by atoms with Gasteiger partial charge in [0.05, 0.1) is 0 Å². The third-order valence-corrected chi connectivity index (χ3v) is 4.71. The molecule has 2 unspecified atom stereocenters. The zero-order valence-electron chi connectivity index (χ0n) is 15.2. The lowest BCUT2D eigenvalue weighted by atomic mass is 10.2. The molecule has 134 valence electrons. The van der Waals surface area contributed by atoms with E-state index in [9.17, 15) is 4.79 Å². The van der Waals surface area contributed by atoms with Crippen molar-refractivity contribution < 1.29 is 9.53 Å². The molecular weight excluding hydrogens is 290 g/mol. The van der Waals surface area contributed by atoms with E-state index < -0.39 is 5.60 Å². The lowest BCUT2D eigenvalue weighted by molar-refractivity contribution is 0.0505. The first-order chi connectivity index (χ1) is 10.9. The van der Waals surface area contributed by atoms with Gasteiger partial charge in [0.2, 0.25) is 0 Å². The molecule has 1 aliphatic carbocycles. The Balaban J connectivity index is 1.59. The number of hydrogen-bond donors (Lipinski definition) is 2. The summed E-state index contributed by atoms with van der Waals surface area (Å²) in [5.74, 6) is 0. The van der Waals surface area contributed by atoms with E-state index in [1.807, 2.05) is 20.8 Å². The van der Waals surface area contributed by atoms with E-state index in [-0.39, 0.29) is 12.1 Å². The SMILES string of the molecule is CC(C)(C)OC(=O)NC1CCC(NCCN2CCCCCC2)C1. The smallest absolute Gasteiger partial charge is 0.407 e. The Morgan fingerprint density at radius 1 is 1.09 bits per heavy atom. The maximum absolute atomic E-state index is 11.8. The van der Waals surface area contributed by atoms with Crippen molar-refractivity contribution in [2.24, 2.45) is 0 Å². The van der Waals surface area contributed by atoms with E-state index in [0.717, 1.165) is 32.4 Å². The molecule has 0 aromatic rings. The molecule has 5 nitrogen and oxygen atoms in total. The molecule has 2 rings (SSSR count). The van der Waals surface area contributed by atoms with Gasteiger partial charge < -0.3 is 20.3 Å². The Morgan fingerprint density at radius 3 is 2.39 bits per heavy atom. The summed E-state index contributed by atoms with van der Waals surface area (Å²) in [5, 5.41) is 6.67. The predicted molar refractivity (Wildman–Crippen MR) is 93.7 cm³/mol. The Kier molecular flexibility index (Phi) is 7.15. The second-order valence-electron chi connectivity index (χ2n) is 8.06. The molecule has 0 radical (unpaired) electrons. The predicted octanol–water partition coefficient (Wildman–Crippen LogP) is 2.90. The molecule has 5 heteroatoms. The second-order valence-corrected chi connectivity index (χ2v) is 8.06. The highest BCUT2D eigenvalue weighted by atomic mass is 16.6. The number of hydrogen-bond acceptors (Lipinski definition) is 4. The van der Waals surface area contributed by atoms with Crippen LogP contribution in [0.4, 0.5) is 4.79 Å². The number of nitrogens with zero attached hydrogens (tertiary/aromatic N) is 1. The Bertz CT molecular complexity index is 360. The van der Waals surface area contributed by atoms with Crippen LogP contribution in [-0.4, -0.2) is 54.9 Å². The summed E-state index contributed by atoms with van der Waals surface area (Å²) >= 11 is 0. The number of amides is 1. The maximum atomic E-state index is 11.8. The zero-order chi connectivity index (χ0) is 16.7. The molecule has 0 aromatic heterocycles. The van der Waals surface area contributed by atoms with Crippen molar-refractivity contribution in [3.8, 4) is 0 Å². The van der Waals surface area contributed by atoms with Gasteiger partial charge in [-0.05, 0) is 66.0 Å². The van der Waals surface area contributed by atoms with Gasteiger partial charge in [-0.3, -0.25) is 0 Å². The van der Waals surface area contributed by atoms with E-state index in [1.54, 1.807) is 0 Å². The van der Waals surface area contributed by atoms with Crippen LogP contribution in [0.1, 0.15) is 65.7 Å². The van der Waals surface area contributed by atoms with E-state index in [2.05, 4.69) is 15.5 Å². The Morgan fingerprint density at radius 2 is 1.74 bits per heavy atom. The fourth-order valence-corrected chi connectivity index (χ4v) is 3.56. The topological polar surface area (TPSA) is 53.6 Å². The van der Waals surface area contributed by atoms with Crippen molar-refractivity contribution in [1.82, 2.24) is 15.5 Å². The molecule has 1 heterocycles. The molecule has 1 aliphatic heterocycles. The quantitative estimate of drug-likeness (QED) is 0.816. The third-order valence-electron chi connectivity index (χ3n) is 4.71. The van der Waals surface area contributed by atoms with Crippen molar-refractivity contribution in [1.29, 1.82) is 0 Å². The molecule has 0 aromatic carbocycles. The summed E-state index contributed by atoms with van der Waals surface area (Å²) < 4.78 is 5.33. The van der Waals surface area contributed by atoms with Crippen molar-refractivity contribution >= 4 is 6.09 Å². The minimum Gasteiger partial charge on any atom is -0.444 e. The number of ether oxygens (including phenoxy) is 1. The van der Waals surface area contributed by atoms with Crippen LogP contribution in [0.25, 0.3) is 0 Å². The minimum atomic E-state index is -0.423. The standard InChI is InChI=1S/C18H35N3O2/c1-18(2,3)23-17(22)20-16-9-8-15(14-16)19-10-13-21-11-6-4-5-7-12-21/h15-16,19H,4-14H2,1-3H3,(H,20,22). The van der Waals surface area contributed by atoms with Crippen LogP contribution >= 0.6 is 0 Å². The number of carbonyl (C=O) groups is 1. The number of likely N-dealkylation sites (tertiary alicyclic amines) is 1. The Labute approximate surface area is 141 Å². The third kappa shape index (κ3) is 7.53. The number of carbonyl (C=O) groups excluding carboxylic acids is 1. The van der Waals surface area contributed by atoms with Crippen molar-refractivity contribution in [3.05, 3.63) is 0 Å². The second kappa shape index (κ2) is 8.88. The van der Waals surface area contributed by atoms with E-state index in [0.29, 0.717) is 6.04 Å². The Hall–Kier alpha value is -0.810. The number of rotatable bonds is 5. The monoisotopic (exact) mass is 325 g/mol. The van der Waals surface area contributed by atoms with Crippen LogP contribution in [0.3, 0.4) is 0 Å². The van der Waals surface area contributed by atoms with Gasteiger partial charge in [0.15, 0.2) is 0 Å². The van der Waals surface area contributed by atoms with Gasteiger partial charge in [-0.25, -0.2) is 4.79 Å². The maximum Gasteiger partial charge on any atom is 0.407 e. The van der Waals surface area contributed by atoms with Gasteiger partial charge in [0.25, 0.3) is 0 Å². The summed E-state index contributed by atoms with van der Waals surface area (Å²) in [4.78, 5) is 14.4. The summed E-state index contributed by atoms with van der Waals surface area (Å²) in [6.07, 6.45) is 8.40. The molecule has 0 bridgehead atoms. The molecular formula is C18H35N3O2. The molecule has 23 heavy (non-hydrogen) atoms. The van der Waals surface area contributed by atoms with Crippen LogP contribution in [0, 0.1) is 0 Å². The zero-order valence-corrected chi connectivity index (χ0v) is 15.2. The van der Waals surface area contributed by atoms with Gasteiger partial charge in [0.1, 0.15) is 5.60 Å². The lowest BCUT2D eigenvalue weighted by Gasteiger charge is -2.22. The molecule has 0 spiro atoms. The molecule has 2 N–H and O–H groups in total. The van der Waals surface area contributed by atoms with E-state index >= 15 is 0 Å². The first kappa shape index (κ1) is 18.5. The highest BCUT2D eigenvalue weighted by molar-refractivity contribution is 5.68. The fourth-order valence-electron chi connectivity index (χ4n) is 3.56. The van der Waals surface area contributed by atoms with Crippen LogP contribution in [0.5, 0.6) is 0 Å². The van der Waals surface area contributed by atoms with Gasteiger partial charge in [0, 0.05) is 25.2 Å². The van der Waals surface area contributed by atoms with Crippen LogP contribution in [-0.2, 0) is 4.74 Å². The summed E-state index contributed by atoms with van der Waals surface area (Å²) in [7, 11) is 0. The number of nitrogens with one attached hydrogen (secondary N) is 2. The minimum absolute atomic E-state index is 0.250. The molecule has 1 amide bonds. The van der Waals surface area contributed by atoms with Crippen molar-refractivity contribution in [2.75, 3.05) is 26.2 Å². The first-order valence-electron chi connectivity index (χ1n) is 9.37. The van der Waals surface area contributed by atoms with Crippen molar-refractivity contribution in [2.45, 2.75) is 83.4 Å². The van der Waals surface area contributed by atoms with E-state index in [4.69, 9.17) is 4.74 Å². The van der Waals surface area contributed by atoms with Crippen molar-refractivity contribution in [3.63, 3.8) is 0 Å². The van der Waals surface area contributed by atoms with Gasteiger partial charge in [-0.1, -0.05) is 12.8 Å². The molecule has 2 fully saturated rings. The largest absolute Gasteiger partial charge is 0.444 e. The highest BCUT2D eigenvalue weighted by Crippen LogP contribution is 2.20. The molecule has 2 atom stereocenters. The van der Waals surface area contributed by atoms with Gasteiger partial charge >= 0.3 is 6.09 Å². The average Bonchev–Trinajstić information content (AvgIpc) is 2.71. The number of alkyl carbamates (subject to hydrolysis) is 1. The van der Waals surface area contributed by atoms with Crippen LogP contribution in [0.15, 0.2) is 0 Å². The first-order valence-corrected chi connectivity index (χ1v) is 9.37. The summed E-state index contributed by atoms with van der Waals surface area (Å²) in [6, 6.07) is 0.780. The van der Waals surface area contributed by atoms with Gasteiger partial charge in [-0.15, -0.1) is 0 Å². The molecule has 1 saturated heterocycles. The van der Waals surface area contributed by atoms with Gasteiger partial charge in [-0.2, -0.15) is 0 Å². The summed E-state index contributed by atoms with van der Waals surface area (Å²) in [6.45, 7) is 10.4. The lowest BCUT2D eigenvalue weighted by Crippen LogP contribution is -2.40. The molecule has 1 saturated carbocycles. The average molecular weight is 325 g/mol. The normalized spacial score (nSPS) is 26.7. The van der Waals surface area contributed by atoms with Crippen LogP contribution < -0.4 is 10.6 Å².